The summed E-state index contributed by atoms with van der Waals surface area (Å²) in [5.41, 5.74) is 2.35. The monoisotopic (exact) mass is 388 g/mol. The van der Waals surface area contributed by atoms with Gasteiger partial charge in [-0.3, -0.25) is 0 Å². The van der Waals surface area contributed by atoms with E-state index < -0.39 is 0 Å². The van der Waals surface area contributed by atoms with Gasteiger partial charge in [0.25, 0.3) is 0 Å². The molecule has 5 nitrogen and oxygen atoms in total. The summed E-state index contributed by atoms with van der Waals surface area (Å²) in [7, 11) is 1.71. The Hall–Kier alpha value is -2.05. The molecule has 27 heavy (non-hydrogen) atoms. The maximum atomic E-state index is 5.05. The Morgan fingerprint density at radius 2 is 1.93 bits per heavy atom. The summed E-state index contributed by atoms with van der Waals surface area (Å²) in [6.07, 6.45) is 0. The Morgan fingerprint density at radius 1 is 1.15 bits per heavy atom. The number of methoxy groups -OCH3 is 1. The van der Waals surface area contributed by atoms with E-state index in [1.165, 1.54) is 10.4 Å². The highest BCUT2D eigenvalue weighted by Gasteiger charge is 2.21. The molecular weight excluding hydrogens is 356 g/mol. The van der Waals surface area contributed by atoms with E-state index in [2.05, 4.69) is 78.5 Å². The van der Waals surface area contributed by atoms with Crippen molar-refractivity contribution < 1.29 is 4.74 Å². The van der Waals surface area contributed by atoms with Crippen LogP contribution in [0.2, 0.25) is 0 Å². The van der Waals surface area contributed by atoms with Gasteiger partial charge in [0.2, 0.25) is 0 Å². The summed E-state index contributed by atoms with van der Waals surface area (Å²) >= 11 is 1.80. The van der Waals surface area contributed by atoms with Crippen molar-refractivity contribution in [1.29, 1.82) is 0 Å². The number of ether oxygens (including phenoxy) is 1. The summed E-state index contributed by atoms with van der Waals surface area (Å²) < 4.78 is 5.05. The third-order valence-electron chi connectivity index (χ3n) is 4.24. The number of benzene rings is 1. The average molecular weight is 389 g/mol. The van der Waals surface area contributed by atoms with E-state index in [1.54, 1.807) is 18.4 Å². The zero-order valence-electron chi connectivity index (χ0n) is 16.8. The standard InChI is InChI=1S/C21H32N4OS/c1-5-22-20(25-16-21(2,3)19-7-6-14-27-19)24-15-17-8-10-18(11-9-17)23-12-13-26-4/h6-11,14,23H,5,12-13,15-16H2,1-4H3,(H2,22,24,25). The first-order valence-electron chi connectivity index (χ1n) is 9.43. The Kier molecular flexibility index (Phi) is 8.61. The molecule has 0 amide bonds. The molecule has 0 aliphatic heterocycles. The van der Waals surface area contributed by atoms with Gasteiger partial charge in [-0.1, -0.05) is 32.0 Å². The quantitative estimate of drug-likeness (QED) is 0.329. The van der Waals surface area contributed by atoms with Crippen LogP contribution in [0, 0.1) is 0 Å². The molecule has 0 aliphatic rings. The second-order valence-electron chi connectivity index (χ2n) is 7.03. The number of nitrogens with one attached hydrogen (secondary N) is 3. The van der Waals surface area contributed by atoms with Gasteiger partial charge >= 0.3 is 0 Å². The molecule has 0 bridgehead atoms. The molecular formula is C21H32N4OS. The van der Waals surface area contributed by atoms with Gasteiger partial charge in [-0.05, 0) is 36.1 Å². The van der Waals surface area contributed by atoms with E-state index in [-0.39, 0.29) is 5.41 Å². The van der Waals surface area contributed by atoms with Gasteiger partial charge in [-0.2, -0.15) is 0 Å². The number of thiophene rings is 1. The fourth-order valence-electron chi connectivity index (χ4n) is 2.59. The van der Waals surface area contributed by atoms with Gasteiger partial charge in [0.15, 0.2) is 5.96 Å². The Balaban J connectivity index is 1.90. The van der Waals surface area contributed by atoms with E-state index in [9.17, 15) is 0 Å². The predicted octanol–water partition coefficient (Wildman–Crippen LogP) is 3.84. The zero-order valence-corrected chi connectivity index (χ0v) is 17.7. The van der Waals surface area contributed by atoms with Crippen LogP contribution in [0.25, 0.3) is 0 Å². The largest absolute Gasteiger partial charge is 0.383 e. The van der Waals surface area contributed by atoms with Crippen molar-refractivity contribution in [2.24, 2.45) is 4.99 Å². The molecule has 0 aliphatic carbocycles. The van der Waals surface area contributed by atoms with Crippen LogP contribution >= 0.6 is 11.3 Å². The van der Waals surface area contributed by atoms with Crippen LogP contribution < -0.4 is 16.0 Å². The van der Waals surface area contributed by atoms with Crippen LogP contribution in [0.15, 0.2) is 46.8 Å². The maximum Gasteiger partial charge on any atom is 0.191 e. The van der Waals surface area contributed by atoms with Gasteiger partial charge in [0.1, 0.15) is 0 Å². The van der Waals surface area contributed by atoms with E-state index in [0.29, 0.717) is 13.2 Å². The molecule has 6 heteroatoms. The van der Waals surface area contributed by atoms with E-state index in [0.717, 1.165) is 31.3 Å². The van der Waals surface area contributed by atoms with Crippen molar-refractivity contribution in [1.82, 2.24) is 10.6 Å². The van der Waals surface area contributed by atoms with Crippen LogP contribution in [0.5, 0.6) is 0 Å². The molecule has 0 saturated carbocycles. The lowest BCUT2D eigenvalue weighted by Gasteiger charge is -2.25. The van der Waals surface area contributed by atoms with Gasteiger partial charge in [0.05, 0.1) is 13.2 Å². The molecule has 3 N–H and O–H groups in total. The second kappa shape index (κ2) is 10.9. The molecule has 1 aromatic heterocycles. The number of guanidine groups is 1. The number of nitrogens with zero attached hydrogens (tertiary/aromatic N) is 1. The zero-order chi connectivity index (χ0) is 19.5. The van der Waals surface area contributed by atoms with E-state index in [4.69, 9.17) is 9.73 Å². The first-order chi connectivity index (χ1) is 13.0. The fraction of sp³-hybridized carbons (Fsp3) is 0.476. The summed E-state index contributed by atoms with van der Waals surface area (Å²) in [5, 5.41) is 12.3. The topological polar surface area (TPSA) is 57.7 Å². The van der Waals surface area contributed by atoms with Crippen LogP contribution in [0.3, 0.4) is 0 Å². The lowest BCUT2D eigenvalue weighted by molar-refractivity contribution is 0.211. The first kappa shape index (κ1) is 21.3. The molecule has 0 atom stereocenters. The molecule has 148 valence electrons. The van der Waals surface area contributed by atoms with Crippen LogP contribution in [-0.4, -0.2) is 39.3 Å². The van der Waals surface area contributed by atoms with Crippen LogP contribution in [0.1, 0.15) is 31.2 Å². The van der Waals surface area contributed by atoms with Crippen molar-refractivity contribution in [2.75, 3.05) is 38.7 Å². The number of hydrogen-bond acceptors (Lipinski definition) is 4. The average Bonchev–Trinajstić information content (AvgIpc) is 3.21. The molecule has 2 rings (SSSR count). The number of anilines is 1. The minimum atomic E-state index is 0.0693. The summed E-state index contributed by atoms with van der Waals surface area (Å²) in [4.78, 5) is 6.11. The summed E-state index contributed by atoms with van der Waals surface area (Å²) in [6.45, 7) is 10.4. The van der Waals surface area contributed by atoms with Gasteiger partial charge in [-0.15, -0.1) is 11.3 Å². The van der Waals surface area contributed by atoms with Gasteiger partial charge < -0.3 is 20.7 Å². The van der Waals surface area contributed by atoms with E-state index >= 15 is 0 Å². The molecule has 1 aromatic carbocycles. The third-order valence-corrected chi connectivity index (χ3v) is 5.48. The molecule has 2 aromatic rings. The minimum Gasteiger partial charge on any atom is -0.383 e. The van der Waals surface area contributed by atoms with Crippen LogP contribution in [-0.2, 0) is 16.7 Å². The third kappa shape index (κ3) is 7.23. The van der Waals surface area contributed by atoms with Gasteiger partial charge in [0, 0.05) is 42.7 Å². The minimum absolute atomic E-state index is 0.0693. The second-order valence-corrected chi connectivity index (χ2v) is 7.97. The SMILES string of the molecule is CCNC(=NCc1ccc(NCCOC)cc1)NCC(C)(C)c1cccs1. The highest BCUT2D eigenvalue weighted by atomic mass is 32.1. The first-order valence-corrected chi connectivity index (χ1v) is 10.3. The highest BCUT2D eigenvalue weighted by molar-refractivity contribution is 7.10. The summed E-state index contributed by atoms with van der Waals surface area (Å²) in [6, 6.07) is 12.7. The molecule has 0 fully saturated rings. The lowest BCUT2D eigenvalue weighted by atomic mass is 9.91. The van der Waals surface area contributed by atoms with Crippen molar-refractivity contribution in [3.63, 3.8) is 0 Å². The van der Waals surface area contributed by atoms with Crippen molar-refractivity contribution >= 4 is 23.0 Å². The number of rotatable bonds is 10. The van der Waals surface area contributed by atoms with Gasteiger partial charge in [-0.25, -0.2) is 4.99 Å². The highest BCUT2D eigenvalue weighted by Crippen LogP contribution is 2.26. The fourth-order valence-corrected chi connectivity index (χ4v) is 3.45. The normalized spacial score (nSPS) is 12.1. The predicted molar refractivity (Wildman–Crippen MR) is 117 cm³/mol. The smallest absolute Gasteiger partial charge is 0.191 e. The molecule has 0 spiro atoms. The van der Waals surface area contributed by atoms with Crippen molar-refractivity contribution in [3.8, 4) is 0 Å². The van der Waals surface area contributed by atoms with Crippen molar-refractivity contribution in [2.45, 2.75) is 32.7 Å². The number of hydrogen-bond donors (Lipinski definition) is 3. The Morgan fingerprint density at radius 3 is 2.56 bits per heavy atom. The molecule has 0 saturated heterocycles. The molecule has 1 heterocycles. The maximum absolute atomic E-state index is 5.05. The lowest BCUT2D eigenvalue weighted by Crippen LogP contribution is -2.43. The van der Waals surface area contributed by atoms with E-state index in [1.807, 2.05) is 0 Å². The Bertz CT molecular complexity index is 681. The van der Waals surface area contributed by atoms with Crippen molar-refractivity contribution in [3.05, 3.63) is 52.2 Å². The number of aliphatic imine (C=N–C) groups is 1. The molecule has 0 unspecified atom stereocenters. The van der Waals surface area contributed by atoms with Crippen LogP contribution in [0.4, 0.5) is 5.69 Å². The summed E-state index contributed by atoms with van der Waals surface area (Å²) in [5.74, 6) is 0.851. The Labute approximate surface area is 167 Å². The molecule has 0 radical (unpaired) electrons.